The summed E-state index contributed by atoms with van der Waals surface area (Å²) in [5.41, 5.74) is 4.96. The molecule has 1 saturated heterocycles. The fourth-order valence-corrected chi connectivity index (χ4v) is 4.11. The van der Waals surface area contributed by atoms with Crippen molar-refractivity contribution in [1.82, 2.24) is 29.6 Å². The molecule has 0 radical (unpaired) electrons. The highest BCUT2D eigenvalue weighted by atomic mass is 19.1. The van der Waals surface area contributed by atoms with Crippen LogP contribution >= 0.6 is 0 Å². The predicted molar refractivity (Wildman–Crippen MR) is 113 cm³/mol. The van der Waals surface area contributed by atoms with Crippen LogP contribution in [0.2, 0.25) is 0 Å². The van der Waals surface area contributed by atoms with E-state index in [2.05, 4.69) is 44.3 Å². The minimum Gasteiger partial charge on any atom is -0.296 e. The van der Waals surface area contributed by atoms with Gasteiger partial charge in [0.05, 0.1) is 11.6 Å². The zero-order valence-electron chi connectivity index (χ0n) is 16.8. The maximum atomic E-state index is 13.6. The first-order chi connectivity index (χ1) is 14.7. The Hall–Kier alpha value is -3.16. The monoisotopic (exact) mass is 402 g/mol. The number of hydrogen-bond acceptors (Lipinski definition) is 5. The number of aromatic nitrogens is 4. The van der Waals surface area contributed by atoms with Crippen molar-refractivity contribution >= 4 is 5.52 Å². The van der Waals surface area contributed by atoms with E-state index in [0.717, 1.165) is 48.5 Å². The molecule has 1 atom stereocenters. The molecule has 30 heavy (non-hydrogen) atoms. The number of nitrogens with zero attached hydrogens (tertiary/aromatic N) is 6. The highest BCUT2D eigenvalue weighted by molar-refractivity contribution is 5.66. The number of benzene rings is 1. The summed E-state index contributed by atoms with van der Waals surface area (Å²) in [4.78, 5) is 8.90. The van der Waals surface area contributed by atoms with Crippen molar-refractivity contribution in [2.75, 3.05) is 26.7 Å². The lowest BCUT2D eigenvalue weighted by Gasteiger charge is -2.38. The lowest BCUT2D eigenvalue weighted by molar-refractivity contribution is 0.0889. The lowest BCUT2D eigenvalue weighted by Crippen LogP contribution is -2.46. The Morgan fingerprint density at radius 2 is 1.90 bits per heavy atom. The summed E-state index contributed by atoms with van der Waals surface area (Å²) in [5, 5.41) is 8.89. The average Bonchev–Trinajstić information content (AvgIpc) is 3.19. The molecule has 0 unspecified atom stereocenters. The third kappa shape index (κ3) is 3.69. The van der Waals surface area contributed by atoms with Gasteiger partial charge in [-0.25, -0.2) is 8.91 Å². The fraction of sp³-hybridized carbons (Fsp3) is 0.261. The summed E-state index contributed by atoms with van der Waals surface area (Å²) < 4.78 is 15.4. The molecule has 4 heterocycles. The van der Waals surface area contributed by atoms with Crippen molar-refractivity contribution in [3.05, 3.63) is 84.2 Å². The van der Waals surface area contributed by atoms with Gasteiger partial charge in [0, 0.05) is 50.3 Å². The van der Waals surface area contributed by atoms with Gasteiger partial charge in [0.25, 0.3) is 0 Å². The molecule has 1 aromatic carbocycles. The summed E-state index contributed by atoms with van der Waals surface area (Å²) in [5.74, 6) is -0.245. The number of pyridine rings is 2. The van der Waals surface area contributed by atoms with Crippen molar-refractivity contribution in [3.63, 3.8) is 0 Å². The maximum Gasteiger partial charge on any atom is 0.123 e. The van der Waals surface area contributed by atoms with Crippen LogP contribution < -0.4 is 0 Å². The highest BCUT2D eigenvalue weighted by Gasteiger charge is 2.29. The van der Waals surface area contributed by atoms with Gasteiger partial charge >= 0.3 is 0 Å². The topological polar surface area (TPSA) is 49.6 Å². The number of hydrogen-bond donors (Lipinski definition) is 0. The van der Waals surface area contributed by atoms with Crippen LogP contribution in [-0.2, 0) is 6.54 Å². The van der Waals surface area contributed by atoms with E-state index in [1.54, 1.807) is 10.6 Å². The quantitative estimate of drug-likeness (QED) is 0.524. The van der Waals surface area contributed by atoms with Crippen LogP contribution in [0.5, 0.6) is 0 Å². The summed E-state index contributed by atoms with van der Waals surface area (Å²) in [7, 11) is 2.14. The molecular formula is C23H23FN6. The first kappa shape index (κ1) is 18.8. The molecule has 152 valence electrons. The van der Waals surface area contributed by atoms with Crippen LogP contribution in [0, 0.1) is 5.82 Å². The second-order valence-corrected chi connectivity index (χ2v) is 7.82. The van der Waals surface area contributed by atoms with E-state index in [9.17, 15) is 4.39 Å². The molecular weight excluding hydrogens is 379 g/mol. The van der Waals surface area contributed by atoms with Gasteiger partial charge in [-0.3, -0.25) is 14.8 Å². The van der Waals surface area contributed by atoms with Crippen LogP contribution in [0.25, 0.3) is 16.6 Å². The van der Waals surface area contributed by atoms with E-state index in [4.69, 9.17) is 0 Å². The van der Waals surface area contributed by atoms with Crippen LogP contribution in [0.1, 0.15) is 17.3 Å². The van der Waals surface area contributed by atoms with Crippen molar-refractivity contribution in [3.8, 4) is 11.1 Å². The molecule has 0 amide bonds. The minimum atomic E-state index is -0.245. The molecule has 3 aromatic heterocycles. The number of fused-ring (bicyclic) bond motifs is 1. The molecule has 1 fully saturated rings. The first-order valence-electron chi connectivity index (χ1n) is 10.1. The van der Waals surface area contributed by atoms with Gasteiger partial charge in [0.1, 0.15) is 11.5 Å². The zero-order chi connectivity index (χ0) is 20.5. The summed E-state index contributed by atoms with van der Waals surface area (Å²) in [6.07, 6.45) is 5.59. The Morgan fingerprint density at radius 3 is 2.73 bits per heavy atom. The number of rotatable bonds is 4. The maximum absolute atomic E-state index is 13.6. The van der Waals surface area contributed by atoms with Crippen LogP contribution in [0.3, 0.4) is 0 Å². The molecule has 0 N–H and O–H groups in total. The van der Waals surface area contributed by atoms with Gasteiger partial charge in [-0.1, -0.05) is 23.4 Å². The molecule has 6 nitrogen and oxygen atoms in total. The molecule has 0 spiro atoms. The number of likely N-dealkylation sites (N-methyl/N-ethyl adjacent to an activating group) is 1. The first-order valence-corrected chi connectivity index (χ1v) is 10.1. The minimum absolute atomic E-state index is 0.165. The van der Waals surface area contributed by atoms with E-state index in [1.165, 1.54) is 17.7 Å². The Labute approximate surface area is 174 Å². The number of piperazine rings is 1. The predicted octanol–water partition coefficient (Wildman–Crippen LogP) is 3.42. The third-order valence-corrected chi connectivity index (χ3v) is 5.80. The molecule has 5 rings (SSSR count). The second-order valence-electron chi connectivity index (χ2n) is 7.82. The van der Waals surface area contributed by atoms with Crippen LogP contribution in [0.15, 0.2) is 67.1 Å². The van der Waals surface area contributed by atoms with E-state index >= 15 is 0 Å². The number of halogens is 1. The zero-order valence-corrected chi connectivity index (χ0v) is 16.8. The standard InChI is InChI=1S/C23H23FN6/c1-28-11-12-29(14-17-7-9-25-10-8-17)16-22(28)23-21-6-5-19(15-30(21)27-26-23)18-3-2-4-20(24)13-18/h2-10,13,15,22H,11-12,14,16H2,1H3/t22-/m0/s1. The van der Waals surface area contributed by atoms with Gasteiger partial charge in [-0.2, -0.15) is 0 Å². The molecule has 0 saturated carbocycles. The molecule has 7 heteroatoms. The van der Waals surface area contributed by atoms with Gasteiger partial charge in [0.15, 0.2) is 0 Å². The van der Waals surface area contributed by atoms with E-state index in [-0.39, 0.29) is 11.9 Å². The molecule has 4 aromatic rings. The molecule has 1 aliphatic rings. The van der Waals surface area contributed by atoms with Crippen molar-refractivity contribution < 1.29 is 4.39 Å². The van der Waals surface area contributed by atoms with Crippen molar-refractivity contribution in [2.45, 2.75) is 12.6 Å². The van der Waals surface area contributed by atoms with Crippen molar-refractivity contribution in [2.24, 2.45) is 0 Å². The Balaban J connectivity index is 1.42. The normalized spacial score (nSPS) is 18.1. The average molecular weight is 402 g/mol. The van der Waals surface area contributed by atoms with Gasteiger partial charge in [0.2, 0.25) is 0 Å². The smallest absolute Gasteiger partial charge is 0.123 e. The summed E-state index contributed by atoms with van der Waals surface area (Å²) >= 11 is 0. The lowest BCUT2D eigenvalue weighted by atomic mass is 10.1. The van der Waals surface area contributed by atoms with E-state index in [0.29, 0.717) is 0 Å². The molecule has 0 bridgehead atoms. The van der Waals surface area contributed by atoms with Crippen LogP contribution in [-0.4, -0.2) is 56.3 Å². The Kier molecular flexibility index (Phi) is 4.98. The van der Waals surface area contributed by atoms with Crippen LogP contribution in [0.4, 0.5) is 4.39 Å². The Bertz CT molecular complexity index is 1160. The SMILES string of the molecule is CN1CCN(Cc2ccncc2)C[C@H]1c1nnn2cc(-c3cccc(F)c3)ccc12. The Morgan fingerprint density at radius 1 is 1.03 bits per heavy atom. The van der Waals surface area contributed by atoms with Gasteiger partial charge < -0.3 is 0 Å². The highest BCUT2D eigenvalue weighted by Crippen LogP contribution is 2.28. The van der Waals surface area contributed by atoms with E-state index < -0.39 is 0 Å². The summed E-state index contributed by atoms with van der Waals surface area (Å²) in [6, 6.07) is 14.9. The van der Waals surface area contributed by atoms with Crippen molar-refractivity contribution in [1.29, 1.82) is 0 Å². The third-order valence-electron chi connectivity index (χ3n) is 5.80. The largest absolute Gasteiger partial charge is 0.296 e. The van der Waals surface area contributed by atoms with Gasteiger partial charge in [-0.15, -0.1) is 5.10 Å². The molecule has 0 aliphatic carbocycles. The van der Waals surface area contributed by atoms with Gasteiger partial charge in [-0.05, 0) is 48.5 Å². The molecule has 1 aliphatic heterocycles. The fourth-order valence-electron chi connectivity index (χ4n) is 4.11. The second kappa shape index (κ2) is 7.93. The summed E-state index contributed by atoms with van der Waals surface area (Å²) in [6.45, 7) is 3.77. The van der Waals surface area contributed by atoms with E-state index in [1.807, 2.05) is 36.8 Å².